The number of halogens is 1. The van der Waals surface area contributed by atoms with Crippen molar-refractivity contribution in [1.82, 2.24) is 4.90 Å². The minimum atomic E-state index is -0.583. The Bertz CT molecular complexity index is 567. The molecule has 0 radical (unpaired) electrons. The third-order valence-corrected chi connectivity index (χ3v) is 2.88. The molecule has 1 aromatic carbocycles. The summed E-state index contributed by atoms with van der Waals surface area (Å²) in [5.41, 5.74) is 5.66. The van der Waals surface area contributed by atoms with Crippen molar-refractivity contribution in [3.8, 4) is 0 Å². The summed E-state index contributed by atoms with van der Waals surface area (Å²) in [5.74, 6) is -0.221. The summed E-state index contributed by atoms with van der Waals surface area (Å²) in [6.07, 6.45) is 1.55. The highest BCUT2D eigenvalue weighted by molar-refractivity contribution is 5.99. The molecular formula is C14H15FN2O2. The summed E-state index contributed by atoms with van der Waals surface area (Å²) in [6, 6.07) is 7.76. The van der Waals surface area contributed by atoms with E-state index in [1.165, 1.54) is 18.2 Å². The number of rotatable bonds is 4. The first-order valence-electron chi connectivity index (χ1n) is 5.99. The van der Waals surface area contributed by atoms with Crippen LogP contribution in [-0.4, -0.2) is 17.4 Å². The molecule has 0 aliphatic heterocycles. The van der Waals surface area contributed by atoms with Crippen molar-refractivity contribution < 1.29 is 13.6 Å². The summed E-state index contributed by atoms with van der Waals surface area (Å²) >= 11 is 0. The van der Waals surface area contributed by atoms with E-state index in [0.29, 0.717) is 18.8 Å². The van der Waals surface area contributed by atoms with E-state index in [4.69, 9.17) is 10.2 Å². The molecule has 2 N–H and O–H groups in total. The van der Waals surface area contributed by atoms with Gasteiger partial charge in [0.05, 0.1) is 24.1 Å². The highest BCUT2D eigenvalue weighted by Gasteiger charge is 2.19. The molecule has 0 unspecified atom stereocenters. The van der Waals surface area contributed by atoms with E-state index in [0.717, 1.165) is 0 Å². The third kappa shape index (κ3) is 2.76. The topological polar surface area (TPSA) is 59.5 Å². The second-order valence-electron chi connectivity index (χ2n) is 4.10. The molecule has 0 spiro atoms. The summed E-state index contributed by atoms with van der Waals surface area (Å²) in [4.78, 5) is 13.9. The third-order valence-electron chi connectivity index (χ3n) is 2.88. The SMILES string of the molecule is CCN(Cc1ccco1)C(=O)c1cccc(F)c1N. The van der Waals surface area contributed by atoms with Gasteiger partial charge in [0.15, 0.2) is 0 Å². The molecule has 0 aliphatic carbocycles. The lowest BCUT2D eigenvalue weighted by atomic mass is 10.1. The number of para-hydroxylation sites is 1. The number of nitrogens with two attached hydrogens (primary N) is 1. The molecule has 4 nitrogen and oxygen atoms in total. The highest BCUT2D eigenvalue weighted by atomic mass is 19.1. The molecule has 2 rings (SSSR count). The average Bonchev–Trinajstić information content (AvgIpc) is 2.91. The van der Waals surface area contributed by atoms with Crippen molar-refractivity contribution in [3.05, 3.63) is 53.7 Å². The molecule has 0 saturated heterocycles. The number of hydrogen-bond acceptors (Lipinski definition) is 3. The van der Waals surface area contributed by atoms with Crippen molar-refractivity contribution in [2.24, 2.45) is 0 Å². The summed E-state index contributed by atoms with van der Waals surface area (Å²) in [5, 5.41) is 0. The van der Waals surface area contributed by atoms with E-state index >= 15 is 0 Å². The smallest absolute Gasteiger partial charge is 0.256 e. The number of anilines is 1. The van der Waals surface area contributed by atoms with E-state index in [-0.39, 0.29) is 17.2 Å². The molecule has 5 heteroatoms. The lowest BCUT2D eigenvalue weighted by Gasteiger charge is -2.20. The van der Waals surface area contributed by atoms with Crippen molar-refractivity contribution in [2.75, 3.05) is 12.3 Å². The van der Waals surface area contributed by atoms with Crippen molar-refractivity contribution in [3.63, 3.8) is 0 Å². The number of benzene rings is 1. The van der Waals surface area contributed by atoms with Crippen LogP contribution in [0.2, 0.25) is 0 Å². The van der Waals surface area contributed by atoms with Gasteiger partial charge in [-0.25, -0.2) is 4.39 Å². The van der Waals surface area contributed by atoms with Crippen LogP contribution >= 0.6 is 0 Å². The van der Waals surface area contributed by atoms with Gasteiger partial charge in [0.25, 0.3) is 5.91 Å². The van der Waals surface area contributed by atoms with E-state index in [1.807, 2.05) is 6.92 Å². The van der Waals surface area contributed by atoms with E-state index < -0.39 is 5.82 Å². The molecule has 1 amide bonds. The van der Waals surface area contributed by atoms with Crippen LogP contribution in [0.25, 0.3) is 0 Å². The molecule has 1 aromatic heterocycles. The van der Waals surface area contributed by atoms with Gasteiger partial charge in [-0.1, -0.05) is 6.07 Å². The lowest BCUT2D eigenvalue weighted by Crippen LogP contribution is -2.30. The Morgan fingerprint density at radius 1 is 1.37 bits per heavy atom. The van der Waals surface area contributed by atoms with Crippen LogP contribution in [-0.2, 0) is 6.54 Å². The van der Waals surface area contributed by atoms with Crippen molar-refractivity contribution in [2.45, 2.75) is 13.5 Å². The maximum Gasteiger partial charge on any atom is 0.256 e. The minimum absolute atomic E-state index is 0.120. The predicted molar refractivity (Wildman–Crippen MR) is 69.9 cm³/mol. The number of carbonyl (C=O) groups excluding carboxylic acids is 1. The molecule has 1 heterocycles. The number of carbonyl (C=O) groups is 1. The molecule has 0 atom stereocenters. The maximum atomic E-state index is 13.4. The first kappa shape index (κ1) is 13.1. The van der Waals surface area contributed by atoms with E-state index in [2.05, 4.69) is 0 Å². The molecule has 0 aliphatic rings. The number of nitrogen functional groups attached to an aromatic ring is 1. The fourth-order valence-corrected chi connectivity index (χ4v) is 1.81. The van der Waals surface area contributed by atoms with Crippen molar-refractivity contribution in [1.29, 1.82) is 0 Å². The number of hydrogen-bond donors (Lipinski definition) is 1. The van der Waals surface area contributed by atoms with Gasteiger partial charge in [-0.3, -0.25) is 4.79 Å². The Balaban J connectivity index is 2.23. The Kier molecular flexibility index (Phi) is 3.85. The fourth-order valence-electron chi connectivity index (χ4n) is 1.81. The molecule has 0 saturated carbocycles. The zero-order valence-electron chi connectivity index (χ0n) is 10.6. The standard InChI is InChI=1S/C14H15FN2O2/c1-2-17(9-10-5-4-8-19-10)14(18)11-6-3-7-12(15)13(11)16/h3-8H,2,9,16H2,1H3. The molecule has 19 heavy (non-hydrogen) atoms. The summed E-state index contributed by atoms with van der Waals surface area (Å²) in [6.45, 7) is 2.66. The van der Waals surface area contributed by atoms with Crippen LogP contribution in [0.15, 0.2) is 41.0 Å². The minimum Gasteiger partial charge on any atom is -0.467 e. The first-order chi connectivity index (χ1) is 9.13. The monoisotopic (exact) mass is 262 g/mol. The predicted octanol–water partition coefficient (Wildman–Crippen LogP) is 2.66. The largest absolute Gasteiger partial charge is 0.467 e. The van der Waals surface area contributed by atoms with Gasteiger partial charge in [-0.15, -0.1) is 0 Å². The number of amides is 1. The second-order valence-corrected chi connectivity index (χ2v) is 4.10. The normalized spacial score (nSPS) is 10.4. The van der Waals surface area contributed by atoms with Gasteiger partial charge in [0, 0.05) is 6.54 Å². The second kappa shape index (κ2) is 5.56. The zero-order valence-corrected chi connectivity index (χ0v) is 10.6. The number of nitrogens with zero attached hydrogens (tertiary/aromatic N) is 1. The molecule has 0 fully saturated rings. The molecular weight excluding hydrogens is 247 g/mol. The lowest BCUT2D eigenvalue weighted by molar-refractivity contribution is 0.0742. The van der Waals surface area contributed by atoms with Crippen LogP contribution in [0.1, 0.15) is 23.0 Å². The van der Waals surface area contributed by atoms with Gasteiger partial charge in [-0.2, -0.15) is 0 Å². The molecule has 2 aromatic rings. The summed E-state index contributed by atoms with van der Waals surface area (Å²) < 4.78 is 18.6. The zero-order chi connectivity index (χ0) is 13.8. The van der Waals surface area contributed by atoms with E-state index in [1.54, 1.807) is 23.3 Å². The molecule has 100 valence electrons. The fraction of sp³-hybridized carbons (Fsp3) is 0.214. The van der Waals surface area contributed by atoms with Gasteiger partial charge in [0.1, 0.15) is 11.6 Å². The Hall–Kier alpha value is -2.30. The van der Waals surface area contributed by atoms with Gasteiger partial charge in [-0.05, 0) is 31.2 Å². The van der Waals surface area contributed by atoms with Crippen LogP contribution in [0, 0.1) is 5.82 Å². The van der Waals surface area contributed by atoms with Crippen LogP contribution in [0.5, 0.6) is 0 Å². The van der Waals surface area contributed by atoms with Gasteiger partial charge >= 0.3 is 0 Å². The van der Waals surface area contributed by atoms with Gasteiger partial charge < -0.3 is 15.1 Å². The van der Waals surface area contributed by atoms with Crippen LogP contribution in [0.4, 0.5) is 10.1 Å². The van der Waals surface area contributed by atoms with Gasteiger partial charge in [0.2, 0.25) is 0 Å². The Morgan fingerprint density at radius 2 is 2.16 bits per heavy atom. The van der Waals surface area contributed by atoms with E-state index in [9.17, 15) is 9.18 Å². The highest BCUT2D eigenvalue weighted by Crippen LogP contribution is 2.19. The number of furan rings is 1. The van der Waals surface area contributed by atoms with Crippen molar-refractivity contribution >= 4 is 11.6 Å². The summed E-state index contributed by atoms with van der Waals surface area (Å²) in [7, 11) is 0. The average molecular weight is 262 g/mol. The van der Waals surface area contributed by atoms with Crippen LogP contribution in [0.3, 0.4) is 0 Å². The Labute approximate surface area is 110 Å². The van der Waals surface area contributed by atoms with Crippen LogP contribution < -0.4 is 5.73 Å². The molecule has 0 bridgehead atoms. The maximum absolute atomic E-state index is 13.4. The Morgan fingerprint density at radius 3 is 2.79 bits per heavy atom. The first-order valence-corrected chi connectivity index (χ1v) is 5.99. The quantitative estimate of drug-likeness (QED) is 0.862.